The van der Waals surface area contributed by atoms with E-state index in [4.69, 9.17) is 16.0 Å². The van der Waals surface area contributed by atoms with Crippen molar-refractivity contribution in [1.82, 2.24) is 14.8 Å². The first-order valence-corrected chi connectivity index (χ1v) is 7.78. The largest absolute Gasteiger partial charge is 0.439 e. The van der Waals surface area contributed by atoms with Crippen molar-refractivity contribution in [2.24, 2.45) is 0 Å². The zero-order valence-corrected chi connectivity index (χ0v) is 13.0. The van der Waals surface area contributed by atoms with E-state index < -0.39 is 0 Å². The molecule has 0 bridgehead atoms. The third-order valence-corrected chi connectivity index (χ3v) is 4.17. The van der Waals surface area contributed by atoms with Crippen molar-refractivity contribution in [1.29, 1.82) is 0 Å². The fraction of sp³-hybridized carbons (Fsp3) is 0.438. The monoisotopic (exact) mass is 305 g/mol. The molecule has 0 unspecified atom stereocenters. The van der Waals surface area contributed by atoms with Crippen molar-refractivity contribution in [3.8, 4) is 11.3 Å². The van der Waals surface area contributed by atoms with E-state index in [1.165, 1.54) is 0 Å². The van der Waals surface area contributed by atoms with Crippen LogP contribution in [0.3, 0.4) is 0 Å². The van der Waals surface area contributed by atoms with E-state index in [-0.39, 0.29) is 0 Å². The molecule has 112 valence electrons. The summed E-state index contributed by atoms with van der Waals surface area (Å²) >= 11 is 6.01. The van der Waals surface area contributed by atoms with Gasteiger partial charge >= 0.3 is 0 Å². The lowest BCUT2D eigenvalue weighted by Gasteiger charge is -2.33. The molecular weight excluding hydrogens is 286 g/mol. The summed E-state index contributed by atoms with van der Waals surface area (Å²) in [5.74, 6) is 1.55. The first kappa shape index (κ1) is 14.6. The maximum absolute atomic E-state index is 6.01. The molecule has 2 aromatic rings. The van der Waals surface area contributed by atoms with Crippen molar-refractivity contribution in [3.05, 3.63) is 41.4 Å². The number of benzene rings is 1. The third-order valence-electron chi connectivity index (χ3n) is 3.93. The summed E-state index contributed by atoms with van der Waals surface area (Å²) < 4.78 is 5.86. The van der Waals surface area contributed by atoms with Gasteiger partial charge < -0.3 is 9.32 Å². The highest BCUT2D eigenvalue weighted by Gasteiger charge is 2.17. The molecule has 0 amide bonds. The number of hydrogen-bond acceptors (Lipinski definition) is 4. The highest BCUT2D eigenvalue weighted by molar-refractivity contribution is 6.30. The van der Waals surface area contributed by atoms with Crippen LogP contribution >= 0.6 is 11.6 Å². The molecule has 2 heterocycles. The molecule has 1 aliphatic rings. The Morgan fingerprint density at radius 2 is 1.95 bits per heavy atom. The summed E-state index contributed by atoms with van der Waals surface area (Å²) in [5, 5.41) is 0.709. The van der Waals surface area contributed by atoms with Crippen molar-refractivity contribution in [3.63, 3.8) is 0 Å². The van der Waals surface area contributed by atoms with Crippen LogP contribution in [0.25, 0.3) is 11.3 Å². The molecule has 0 atom stereocenters. The summed E-state index contributed by atoms with van der Waals surface area (Å²) in [6, 6.07) is 7.65. The Hall–Kier alpha value is -1.36. The Labute approximate surface area is 130 Å². The Bertz CT molecular complexity index is 591. The lowest BCUT2D eigenvalue weighted by molar-refractivity contribution is 0.124. The Morgan fingerprint density at radius 1 is 1.19 bits per heavy atom. The van der Waals surface area contributed by atoms with Crippen LogP contribution in [0.2, 0.25) is 5.02 Å². The number of rotatable bonds is 4. The molecule has 4 nitrogen and oxygen atoms in total. The van der Waals surface area contributed by atoms with Gasteiger partial charge in [0.25, 0.3) is 0 Å². The molecule has 0 radical (unpaired) electrons. The van der Waals surface area contributed by atoms with Gasteiger partial charge in [-0.1, -0.05) is 30.7 Å². The predicted molar refractivity (Wildman–Crippen MR) is 84.3 cm³/mol. The number of oxazole rings is 1. The van der Waals surface area contributed by atoms with Crippen molar-refractivity contribution < 1.29 is 4.42 Å². The predicted octanol–water partition coefficient (Wildman–Crippen LogP) is 3.13. The molecule has 1 aromatic heterocycles. The minimum atomic E-state index is 0.709. The molecule has 5 heteroatoms. The van der Waals surface area contributed by atoms with Gasteiger partial charge in [0, 0.05) is 36.8 Å². The van der Waals surface area contributed by atoms with Gasteiger partial charge in [-0.25, -0.2) is 4.98 Å². The zero-order valence-electron chi connectivity index (χ0n) is 12.3. The van der Waals surface area contributed by atoms with Crippen LogP contribution in [0, 0.1) is 0 Å². The number of piperazine rings is 1. The van der Waals surface area contributed by atoms with E-state index in [2.05, 4.69) is 21.7 Å². The molecule has 0 spiro atoms. The van der Waals surface area contributed by atoms with Crippen LogP contribution in [0.15, 0.2) is 34.9 Å². The maximum atomic E-state index is 6.01. The normalized spacial score (nSPS) is 17.2. The van der Waals surface area contributed by atoms with Gasteiger partial charge in [-0.15, -0.1) is 0 Å². The highest BCUT2D eigenvalue weighted by Crippen LogP contribution is 2.23. The van der Waals surface area contributed by atoms with E-state index in [1.54, 1.807) is 6.20 Å². The topological polar surface area (TPSA) is 32.5 Å². The molecular formula is C16H20ClN3O. The van der Waals surface area contributed by atoms with Crippen LogP contribution in [0.1, 0.15) is 12.8 Å². The summed E-state index contributed by atoms with van der Waals surface area (Å²) in [6.07, 6.45) is 1.78. The van der Waals surface area contributed by atoms with Gasteiger partial charge in [0.1, 0.15) is 0 Å². The van der Waals surface area contributed by atoms with Crippen LogP contribution in [-0.4, -0.2) is 47.5 Å². The van der Waals surface area contributed by atoms with Crippen LogP contribution in [-0.2, 0) is 6.54 Å². The van der Waals surface area contributed by atoms with E-state index in [9.17, 15) is 0 Å². The average Bonchev–Trinajstić information content (AvgIpc) is 2.97. The lowest BCUT2D eigenvalue weighted by Crippen LogP contribution is -2.45. The second kappa shape index (κ2) is 6.60. The van der Waals surface area contributed by atoms with Gasteiger partial charge in [-0.05, 0) is 18.7 Å². The van der Waals surface area contributed by atoms with E-state index in [1.807, 2.05) is 24.3 Å². The van der Waals surface area contributed by atoms with Gasteiger partial charge in [0.05, 0.1) is 12.7 Å². The Morgan fingerprint density at radius 3 is 2.67 bits per heavy atom. The average molecular weight is 306 g/mol. The maximum Gasteiger partial charge on any atom is 0.209 e. The van der Waals surface area contributed by atoms with Crippen LogP contribution in [0.5, 0.6) is 0 Å². The number of likely N-dealkylation sites (N-methyl/N-ethyl adjacent to an activating group) is 1. The Kier molecular flexibility index (Phi) is 4.58. The second-order valence-corrected chi connectivity index (χ2v) is 5.78. The quantitative estimate of drug-likeness (QED) is 0.869. The minimum Gasteiger partial charge on any atom is -0.439 e. The molecule has 1 fully saturated rings. The van der Waals surface area contributed by atoms with Crippen molar-refractivity contribution in [2.75, 3.05) is 32.7 Å². The SMILES string of the molecule is CCN1CCN(Cc2ncc(-c3cccc(Cl)c3)o2)CC1. The fourth-order valence-electron chi connectivity index (χ4n) is 2.61. The van der Waals surface area contributed by atoms with Crippen LogP contribution in [0.4, 0.5) is 0 Å². The first-order valence-electron chi connectivity index (χ1n) is 7.40. The van der Waals surface area contributed by atoms with Gasteiger partial charge in [-0.2, -0.15) is 0 Å². The molecule has 1 aliphatic heterocycles. The lowest BCUT2D eigenvalue weighted by atomic mass is 10.2. The van der Waals surface area contributed by atoms with Crippen molar-refractivity contribution in [2.45, 2.75) is 13.5 Å². The molecule has 0 N–H and O–H groups in total. The summed E-state index contributed by atoms with van der Waals surface area (Å²) in [4.78, 5) is 9.24. The third kappa shape index (κ3) is 3.64. The van der Waals surface area contributed by atoms with Gasteiger partial charge in [0.2, 0.25) is 5.89 Å². The first-order chi connectivity index (χ1) is 10.2. The summed E-state index contributed by atoms with van der Waals surface area (Å²) in [5.41, 5.74) is 0.969. The van der Waals surface area contributed by atoms with Gasteiger partial charge in [0.15, 0.2) is 5.76 Å². The number of hydrogen-bond donors (Lipinski definition) is 0. The van der Waals surface area contributed by atoms with E-state index in [0.29, 0.717) is 5.02 Å². The standard InChI is InChI=1S/C16H20ClN3O/c1-2-19-6-8-20(9-7-19)12-16-18-11-15(21-16)13-4-3-5-14(17)10-13/h3-5,10-11H,2,6-9,12H2,1H3. The fourth-order valence-corrected chi connectivity index (χ4v) is 2.80. The van der Waals surface area contributed by atoms with E-state index in [0.717, 1.165) is 56.5 Å². The molecule has 0 aliphatic carbocycles. The molecule has 1 saturated heterocycles. The van der Waals surface area contributed by atoms with Crippen molar-refractivity contribution >= 4 is 11.6 Å². The molecule has 0 saturated carbocycles. The Balaban J connectivity index is 1.63. The zero-order chi connectivity index (χ0) is 14.7. The summed E-state index contributed by atoms with van der Waals surface area (Å²) in [6.45, 7) is 8.51. The van der Waals surface area contributed by atoms with E-state index >= 15 is 0 Å². The number of aromatic nitrogens is 1. The molecule has 21 heavy (non-hydrogen) atoms. The minimum absolute atomic E-state index is 0.709. The highest BCUT2D eigenvalue weighted by atomic mass is 35.5. The molecule has 1 aromatic carbocycles. The number of halogens is 1. The van der Waals surface area contributed by atoms with Gasteiger partial charge in [-0.3, -0.25) is 4.90 Å². The molecule has 3 rings (SSSR count). The van der Waals surface area contributed by atoms with Crippen LogP contribution < -0.4 is 0 Å². The summed E-state index contributed by atoms with van der Waals surface area (Å²) in [7, 11) is 0. The smallest absolute Gasteiger partial charge is 0.209 e. The number of nitrogens with zero attached hydrogens (tertiary/aromatic N) is 3. The second-order valence-electron chi connectivity index (χ2n) is 5.34.